The Hall–Kier alpha value is -4.00. The number of carbonyl (C=O) groups is 1. The molecule has 3 aromatic carbocycles. The third-order valence-corrected chi connectivity index (χ3v) is 6.62. The number of hydrogen-bond acceptors (Lipinski definition) is 6. The molecule has 0 bridgehead atoms. The minimum absolute atomic E-state index is 0.132. The molecule has 1 aromatic heterocycles. The molecule has 9 heteroatoms. The van der Waals surface area contributed by atoms with Crippen molar-refractivity contribution in [3.8, 4) is 17.3 Å². The fourth-order valence-electron chi connectivity index (χ4n) is 2.89. The van der Waals surface area contributed by atoms with E-state index >= 15 is 0 Å². The minimum Gasteiger partial charge on any atom is -0.298 e. The number of amides is 1. The van der Waals surface area contributed by atoms with Crippen molar-refractivity contribution < 1.29 is 13.2 Å². The lowest BCUT2D eigenvalue weighted by Gasteiger charge is -2.09. The summed E-state index contributed by atoms with van der Waals surface area (Å²) in [5.41, 5.74) is 2.63. The zero-order valence-corrected chi connectivity index (χ0v) is 18.2. The number of rotatable bonds is 6. The van der Waals surface area contributed by atoms with E-state index in [0.29, 0.717) is 16.4 Å². The van der Waals surface area contributed by atoms with E-state index in [4.69, 9.17) is 5.26 Å². The smallest absolute Gasteiger partial charge is 0.261 e. The second-order valence-electron chi connectivity index (χ2n) is 6.68. The summed E-state index contributed by atoms with van der Waals surface area (Å²) >= 11 is 1.27. The normalized spacial score (nSPS) is 10.8. The second kappa shape index (κ2) is 9.01. The molecule has 0 atom stereocenters. The Bertz CT molecular complexity index is 1410. The van der Waals surface area contributed by atoms with Gasteiger partial charge in [-0.25, -0.2) is 13.4 Å². The molecule has 0 saturated carbocycles. The summed E-state index contributed by atoms with van der Waals surface area (Å²) in [6.07, 6.45) is 0. The quantitative estimate of drug-likeness (QED) is 0.432. The van der Waals surface area contributed by atoms with Gasteiger partial charge in [-0.2, -0.15) is 5.26 Å². The van der Waals surface area contributed by atoms with Gasteiger partial charge in [0, 0.05) is 22.2 Å². The molecule has 0 saturated heterocycles. The topological polar surface area (TPSA) is 112 Å². The fraction of sp³-hybridized carbons (Fsp3) is 0. The van der Waals surface area contributed by atoms with Crippen LogP contribution in [0.2, 0.25) is 0 Å². The van der Waals surface area contributed by atoms with Crippen molar-refractivity contribution in [2.75, 3.05) is 10.0 Å². The summed E-state index contributed by atoms with van der Waals surface area (Å²) in [6, 6.07) is 23.3. The van der Waals surface area contributed by atoms with E-state index in [9.17, 15) is 13.2 Å². The summed E-state index contributed by atoms with van der Waals surface area (Å²) in [4.78, 5) is 17.2. The second-order valence-corrected chi connectivity index (χ2v) is 9.22. The Morgan fingerprint density at radius 1 is 0.969 bits per heavy atom. The van der Waals surface area contributed by atoms with E-state index in [1.165, 1.54) is 29.5 Å². The highest BCUT2D eigenvalue weighted by molar-refractivity contribution is 7.92. The minimum atomic E-state index is -3.76. The number of benzene rings is 3. The maximum absolute atomic E-state index is 12.7. The van der Waals surface area contributed by atoms with Crippen LogP contribution >= 0.6 is 11.3 Å². The third kappa shape index (κ3) is 4.83. The number of nitrogens with one attached hydrogen (secondary N) is 2. The van der Waals surface area contributed by atoms with Crippen molar-refractivity contribution in [3.63, 3.8) is 0 Å². The maximum Gasteiger partial charge on any atom is 0.261 e. The summed E-state index contributed by atoms with van der Waals surface area (Å²) < 4.78 is 27.5. The van der Waals surface area contributed by atoms with Crippen molar-refractivity contribution in [3.05, 3.63) is 95.4 Å². The highest BCUT2D eigenvalue weighted by Crippen LogP contribution is 2.26. The number of sulfonamides is 1. The highest BCUT2D eigenvalue weighted by atomic mass is 32.2. The fourth-order valence-corrected chi connectivity index (χ4v) is 4.67. The van der Waals surface area contributed by atoms with Crippen molar-refractivity contribution in [1.82, 2.24) is 4.98 Å². The van der Waals surface area contributed by atoms with Crippen LogP contribution in [0, 0.1) is 11.3 Å². The van der Waals surface area contributed by atoms with Gasteiger partial charge in [0.2, 0.25) is 0 Å². The molecule has 0 aliphatic rings. The van der Waals surface area contributed by atoms with Crippen LogP contribution in [-0.2, 0) is 10.0 Å². The van der Waals surface area contributed by atoms with Gasteiger partial charge in [0.05, 0.1) is 22.2 Å². The van der Waals surface area contributed by atoms with Gasteiger partial charge in [0.25, 0.3) is 15.9 Å². The summed E-state index contributed by atoms with van der Waals surface area (Å²) in [5, 5.41) is 13.8. The number of anilines is 2. The van der Waals surface area contributed by atoms with Crippen LogP contribution in [0.15, 0.2) is 89.1 Å². The van der Waals surface area contributed by atoms with Gasteiger partial charge < -0.3 is 0 Å². The first-order chi connectivity index (χ1) is 15.4. The first-order valence-electron chi connectivity index (χ1n) is 9.40. The van der Waals surface area contributed by atoms with Gasteiger partial charge in [0.15, 0.2) is 5.13 Å². The lowest BCUT2D eigenvalue weighted by atomic mass is 10.1. The van der Waals surface area contributed by atoms with Crippen LogP contribution in [-0.4, -0.2) is 19.3 Å². The van der Waals surface area contributed by atoms with Crippen LogP contribution in [0.4, 0.5) is 10.8 Å². The van der Waals surface area contributed by atoms with Crippen LogP contribution in [0.25, 0.3) is 11.3 Å². The van der Waals surface area contributed by atoms with E-state index in [1.807, 2.05) is 0 Å². The molecular weight excluding hydrogens is 444 g/mol. The molecule has 1 heterocycles. The molecule has 0 radical (unpaired) electrons. The van der Waals surface area contributed by atoms with Gasteiger partial charge in [-0.1, -0.05) is 36.4 Å². The molecular formula is C23H16N4O3S2. The van der Waals surface area contributed by atoms with Gasteiger partial charge >= 0.3 is 0 Å². The standard InChI is InChI=1S/C23H16N4O3S2/c24-14-16-9-11-17(12-10-16)21-15-31-23(25-21)26-22(28)18-5-4-6-19(13-18)27-32(29,30)20-7-2-1-3-8-20/h1-13,15,27H,(H,25,26,28). The maximum atomic E-state index is 12.7. The molecule has 0 spiro atoms. The number of aromatic nitrogens is 1. The summed E-state index contributed by atoms with van der Waals surface area (Å²) in [5.74, 6) is -0.411. The molecule has 0 fully saturated rings. The average Bonchev–Trinajstić information content (AvgIpc) is 3.28. The van der Waals surface area contributed by atoms with Crippen LogP contribution in [0.3, 0.4) is 0 Å². The molecule has 4 aromatic rings. The Balaban J connectivity index is 1.48. The predicted octanol–water partition coefficient (Wildman–Crippen LogP) is 4.73. The Morgan fingerprint density at radius 3 is 2.44 bits per heavy atom. The van der Waals surface area contributed by atoms with Gasteiger partial charge in [-0.3, -0.25) is 14.8 Å². The van der Waals surface area contributed by atoms with Crippen LogP contribution < -0.4 is 10.0 Å². The molecule has 2 N–H and O–H groups in total. The van der Waals surface area contributed by atoms with Crippen LogP contribution in [0.5, 0.6) is 0 Å². The number of nitriles is 1. The Labute approximate surface area is 189 Å². The molecule has 158 valence electrons. The van der Waals surface area contributed by atoms with Gasteiger partial charge in [-0.05, 0) is 42.5 Å². The first kappa shape index (κ1) is 21.2. The van der Waals surface area contributed by atoms with Crippen molar-refractivity contribution >= 4 is 38.1 Å². The van der Waals surface area contributed by atoms with Gasteiger partial charge in [0.1, 0.15) is 0 Å². The van der Waals surface area contributed by atoms with E-state index < -0.39 is 15.9 Å². The van der Waals surface area contributed by atoms with Crippen molar-refractivity contribution in [2.24, 2.45) is 0 Å². The number of carbonyl (C=O) groups excluding carboxylic acids is 1. The highest BCUT2D eigenvalue weighted by Gasteiger charge is 2.15. The van der Waals surface area contributed by atoms with Crippen molar-refractivity contribution in [1.29, 1.82) is 5.26 Å². The Kier molecular flexibility index (Phi) is 5.98. The van der Waals surface area contributed by atoms with E-state index in [1.54, 1.807) is 66.0 Å². The lowest BCUT2D eigenvalue weighted by molar-refractivity contribution is 0.102. The average molecular weight is 461 g/mol. The molecule has 0 aliphatic carbocycles. The molecule has 1 amide bonds. The first-order valence-corrected chi connectivity index (χ1v) is 11.8. The number of nitrogens with zero attached hydrogens (tertiary/aromatic N) is 2. The largest absolute Gasteiger partial charge is 0.298 e. The van der Waals surface area contributed by atoms with E-state index in [-0.39, 0.29) is 16.1 Å². The molecule has 7 nitrogen and oxygen atoms in total. The number of hydrogen-bond donors (Lipinski definition) is 2. The lowest BCUT2D eigenvalue weighted by Crippen LogP contribution is -2.15. The number of thiazole rings is 1. The van der Waals surface area contributed by atoms with Crippen LogP contribution in [0.1, 0.15) is 15.9 Å². The Morgan fingerprint density at radius 2 is 1.72 bits per heavy atom. The zero-order chi connectivity index (χ0) is 22.6. The molecule has 0 aliphatic heterocycles. The summed E-state index contributed by atoms with van der Waals surface area (Å²) in [6.45, 7) is 0. The third-order valence-electron chi connectivity index (χ3n) is 4.46. The zero-order valence-electron chi connectivity index (χ0n) is 16.5. The summed E-state index contributed by atoms with van der Waals surface area (Å²) in [7, 11) is -3.76. The van der Waals surface area contributed by atoms with Crippen molar-refractivity contribution in [2.45, 2.75) is 4.90 Å². The molecule has 4 rings (SSSR count). The van der Waals surface area contributed by atoms with Gasteiger partial charge in [-0.15, -0.1) is 11.3 Å². The predicted molar refractivity (Wildman–Crippen MR) is 124 cm³/mol. The van der Waals surface area contributed by atoms with E-state index in [2.05, 4.69) is 21.1 Å². The molecule has 32 heavy (non-hydrogen) atoms. The SMILES string of the molecule is N#Cc1ccc(-c2csc(NC(=O)c3cccc(NS(=O)(=O)c4ccccc4)c3)n2)cc1. The monoisotopic (exact) mass is 460 g/mol. The van der Waals surface area contributed by atoms with E-state index in [0.717, 1.165) is 5.56 Å². The molecule has 0 unspecified atom stereocenters.